The second-order valence-electron chi connectivity index (χ2n) is 7.05. The van der Waals surface area contributed by atoms with Gasteiger partial charge in [-0.2, -0.15) is 0 Å². The van der Waals surface area contributed by atoms with Crippen LogP contribution in [0.15, 0.2) is 63.1 Å². The number of ether oxygens (including phenoxy) is 2. The molecule has 1 aliphatic heterocycles. The van der Waals surface area contributed by atoms with Gasteiger partial charge in [-0.05, 0) is 25.1 Å². The van der Waals surface area contributed by atoms with Gasteiger partial charge in [-0.15, -0.1) is 0 Å². The van der Waals surface area contributed by atoms with Crippen LogP contribution in [0.3, 0.4) is 0 Å². The van der Waals surface area contributed by atoms with E-state index in [9.17, 15) is 14.7 Å². The highest BCUT2D eigenvalue weighted by Crippen LogP contribution is 2.47. The van der Waals surface area contributed by atoms with E-state index in [1.165, 1.54) is 19.1 Å². The molecule has 0 aliphatic carbocycles. The van der Waals surface area contributed by atoms with E-state index >= 15 is 0 Å². The molecule has 0 unspecified atom stereocenters. The van der Waals surface area contributed by atoms with Crippen molar-refractivity contribution >= 4 is 39.2 Å². The predicted molar refractivity (Wildman–Crippen MR) is 120 cm³/mol. The number of aromatic nitrogens is 1. The van der Waals surface area contributed by atoms with Crippen LogP contribution in [-0.4, -0.2) is 36.2 Å². The minimum Gasteiger partial charge on any atom is -0.507 e. The topological polar surface area (TPSA) is 102 Å². The average Bonchev–Trinajstić information content (AvgIpc) is 3.33. The van der Waals surface area contributed by atoms with Crippen LogP contribution in [0.1, 0.15) is 22.9 Å². The Balaban J connectivity index is 2.01. The van der Waals surface area contributed by atoms with E-state index in [0.717, 1.165) is 4.47 Å². The van der Waals surface area contributed by atoms with Gasteiger partial charge in [0.2, 0.25) is 0 Å². The summed E-state index contributed by atoms with van der Waals surface area (Å²) in [6.07, 6.45) is 0. The number of ketones is 1. The minimum absolute atomic E-state index is 0.0930. The first-order chi connectivity index (χ1) is 15.4. The molecule has 1 N–H and O–H groups in total. The first-order valence-electron chi connectivity index (χ1n) is 9.58. The van der Waals surface area contributed by atoms with Crippen LogP contribution in [0.4, 0.5) is 5.82 Å². The van der Waals surface area contributed by atoms with Crippen molar-refractivity contribution in [1.82, 2.24) is 5.16 Å². The molecule has 0 saturated carbocycles. The number of aliphatic hydroxyl groups excluding tert-OH is 1. The first-order valence-corrected chi connectivity index (χ1v) is 10.4. The number of nitrogens with zero attached hydrogens (tertiary/aromatic N) is 2. The van der Waals surface area contributed by atoms with Crippen LogP contribution in [0.25, 0.3) is 5.76 Å². The summed E-state index contributed by atoms with van der Waals surface area (Å²) in [6.45, 7) is 1.68. The van der Waals surface area contributed by atoms with E-state index in [1.54, 1.807) is 55.5 Å². The van der Waals surface area contributed by atoms with E-state index in [0.29, 0.717) is 28.4 Å². The van der Waals surface area contributed by atoms with E-state index in [-0.39, 0.29) is 17.2 Å². The number of benzene rings is 2. The zero-order valence-corrected chi connectivity index (χ0v) is 19.0. The third kappa shape index (κ3) is 3.54. The zero-order valence-electron chi connectivity index (χ0n) is 17.5. The molecule has 8 nitrogen and oxygen atoms in total. The van der Waals surface area contributed by atoms with Gasteiger partial charge in [0.1, 0.15) is 17.6 Å². The molecule has 4 rings (SSSR count). The lowest BCUT2D eigenvalue weighted by Crippen LogP contribution is -2.30. The van der Waals surface area contributed by atoms with Gasteiger partial charge in [0, 0.05) is 21.7 Å². The molecule has 0 bridgehead atoms. The summed E-state index contributed by atoms with van der Waals surface area (Å²) in [5, 5.41) is 15.1. The predicted octanol–water partition coefficient (Wildman–Crippen LogP) is 4.39. The Morgan fingerprint density at radius 1 is 1.12 bits per heavy atom. The Morgan fingerprint density at radius 2 is 1.84 bits per heavy atom. The number of para-hydroxylation sites is 1. The van der Waals surface area contributed by atoms with Gasteiger partial charge in [-0.1, -0.05) is 45.4 Å². The maximum atomic E-state index is 13.2. The Kier molecular flexibility index (Phi) is 5.75. The standard InChI is InChI=1S/C23H19BrN2O6/c1-12-11-17(25-32-12)26-19(15-5-4-6-16(30-2)22(15)31-3)18(21(28)23(26)29)20(27)13-7-9-14(24)10-8-13/h4-11,19,27H,1-3H3/t19-/m1/s1. The number of aryl methyl sites for hydroxylation is 1. The number of anilines is 1. The van der Waals surface area contributed by atoms with Crippen molar-refractivity contribution in [3.8, 4) is 11.5 Å². The molecule has 1 amide bonds. The molecular formula is C23H19BrN2O6. The second-order valence-corrected chi connectivity index (χ2v) is 7.97. The van der Waals surface area contributed by atoms with Crippen molar-refractivity contribution in [2.24, 2.45) is 0 Å². The van der Waals surface area contributed by atoms with Gasteiger partial charge < -0.3 is 19.1 Å². The van der Waals surface area contributed by atoms with Gasteiger partial charge in [-0.3, -0.25) is 14.5 Å². The normalized spacial score (nSPS) is 17.6. The number of carbonyl (C=O) groups is 2. The quantitative estimate of drug-likeness (QED) is 0.316. The summed E-state index contributed by atoms with van der Waals surface area (Å²) in [4.78, 5) is 27.5. The molecule has 2 heterocycles. The maximum absolute atomic E-state index is 13.2. The molecule has 0 radical (unpaired) electrons. The molecule has 1 atom stereocenters. The van der Waals surface area contributed by atoms with Gasteiger partial charge in [-0.25, -0.2) is 0 Å². The SMILES string of the molecule is COc1cccc([C@@H]2C(=C(O)c3ccc(Br)cc3)C(=O)C(=O)N2c2cc(C)on2)c1OC. The summed E-state index contributed by atoms with van der Waals surface area (Å²) in [5.74, 6) is -0.647. The van der Waals surface area contributed by atoms with Crippen molar-refractivity contribution in [3.05, 3.63) is 75.5 Å². The molecule has 1 aromatic heterocycles. The van der Waals surface area contributed by atoms with Gasteiger partial charge in [0.05, 0.1) is 19.8 Å². The number of aliphatic hydroxyl groups is 1. The van der Waals surface area contributed by atoms with Crippen LogP contribution < -0.4 is 14.4 Å². The van der Waals surface area contributed by atoms with E-state index in [2.05, 4.69) is 21.1 Å². The smallest absolute Gasteiger partial charge is 0.301 e. The molecule has 1 aliphatic rings. The largest absolute Gasteiger partial charge is 0.507 e. The summed E-state index contributed by atoms with van der Waals surface area (Å²) in [7, 11) is 2.95. The molecule has 164 valence electrons. The molecular weight excluding hydrogens is 480 g/mol. The Labute approximate surface area is 192 Å². The summed E-state index contributed by atoms with van der Waals surface area (Å²) in [5.41, 5.74) is 0.740. The number of hydrogen-bond acceptors (Lipinski definition) is 7. The molecule has 3 aromatic rings. The fourth-order valence-electron chi connectivity index (χ4n) is 3.72. The molecule has 2 aromatic carbocycles. The van der Waals surface area contributed by atoms with E-state index in [1.807, 2.05) is 0 Å². The molecule has 1 fully saturated rings. The fourth-order valence-corrected chi connectivity index (χ4v) is 3.98. The highest BCUT2D eigenvalue weighted by atomic mass is 79.9. The van der Waals surface area contributed by atoms with Crippen LogP contribution in [0, 0.1) is 6.92 Å². The highest BCUT2D eigenvalue weighted by Gasteiger charge is 2.49. The van der Waals surface area contributed by atoms with Gasteiger partial charge >= 0.3 is 5.91 Å². The first kappa shape index (κ1) is 21.6. The number of rotatable bonds is 5. The molecule has 32 heavy (non-hydrogen) atoms. The third-order valence-electron chi connectivity index (χ3n) is 5.15. The lowest BCUT2D eigenvalue weighted by molar-refractivity contribution is -0.132. The number of methoxy groups -OCH3 is 2. The van der Waals surface area contributed by atoms with Crippen molar-refractivity contribution in [3.63, 3.8) is 0 Å². The van der Waals surface area contributed by atoms with Crippen LogP contribution in [0.2, 0.25) is 0 Å². The number of halogens is 1. The Bertz CT molecular complexity index is 1230. The van der Waals surface area contributed by atoms with Crippen LogP contribution >= 0.6 is 15.9 Å². The zero-order chi connectivity index (χ0) is 23.0. The third-order valence-corrected chi connectivity index (χ3v) is 5.68. The van der Waals surface area contributed by atoms with Crippen molar-refractivity contribution < 1.29 is 28.7 Å². The van der Waals surface area contributed by atoms with Crippen molar-refractivity contribution in [1.29, 1.82) is 0 Å². The summed E-state index contributed by atoms with van der Waals surface area (Å²) in [6, 6.07) is 12.4. The maximum Gasteiger partial charge on any atom is 0.301 e. The minimum atomic E-state index is -1.02. The summed E-state index contributed by atoms with van der Waals surface area (Å²) < 4.78 is 16.9. The Hall–Kier alpha value is -3.59. The number of amides is 1. The number of carbonyl (C=O) groups excluding carboxylic acids is 2. The van der Waals surface area contributed by atoms with Crippen LogP contribution in [0.5, 0.6) is 11.5 Å². The highest BCUT2D eigenvalue weighted by molar-refractivity contribution is 9.10. The molecule has 9 heteroatoms. The Morgan fingerprint density at radius 3 is 2.44 bits per heavy atom. The number of hydrogen-bond donors (Lipinski definition) is 1. The van der Waals surface area contributed by atoms with Crippen molar-refractivity contribution in [2.75, 3.05) is 19.1 Å². The monoisotopic (exact) mass is 498 g/mol. The molecule has 0 spiro atoms. The van der Waals surface area contributed by atoms with Crippen LogP contribution in [-0.2, 0) is 9.59 Å². The second kappa shape index (κ2) is 8.51. The lowest BCUT2D eigenvalue weighted by atomic mass is 9.94. The van der Waals surface area contributed by atoms with E-state index < -0.39 is 17.7 Å². The van der Waals surface area contributed by atoms with E-state index in [4.69, 9.17) is 14.0 Å². The van der Waals surface area contributed by atoms with Gasteiger partial charge in [0.25, 0.3) is 5.78 Å². The number of Topliss-reactive ketones (excluding diaryl/α,β-unsaturated/α-hetero) is 1. The van der Waals surface area contributed by atoms with Gasteiger partial charge in [0.15, 0.2) is 17.3 Å². The van der Waals surface area contributed by atoms with Crippen molar-refractivity contribution in [2.45, 2.75) is 13.0 Å². The lowest BCUT2D eigenvalue weighted by Gasteiger charge is -2.25. The average molecular weight is 499 g/mol. The summed E-state index contributed by atoms with van der Waals surface area (Å²) >= 11 is 3.35. The fraction of sp³-hybridized carbons (Fsp3) is 0.174. The molecule has 1 saturated heterocycles.